The number of hydrogen-bond donors (Lipinski definition) is 3. The van der Waals surface area contributed by atoms with Crippen LogP contribution in [0.5, 0.6) is 11.5 Å². The van der Waals surface area contributed by atoms with E-state index in [1.165, 1.54) is 5.56 Å². The monoisotopic (exact) mass is 285 g/mol. The van der Waals surface area contributed by atoms with Crippen molar-refractivity contribution in [1.29, 1.82) is 0 Å². The van der Waals surface area contributed by atoms with Crippen LogP contribution in [0.4, 0.5) is 0 Å². The quantitative estimate of drug-likeness (QED) is 0.773. The Hall–Kier alpha value is -2.00. The molecule has 0 amide bonds. The third-order valence-corrected chi connectivity index (χ3v) is 3.75. The highest BCUT2D eigenvalue weighted by Crippen LogP contribution is 2.34. The third-order valence-electron chi connectivity index (χ3n) is 3.75. The first-order valence-corrected chi connectivity index (χ1v) is 7.32. The van der Waals surface area contributed by atoms with Crippen LogP contribution in [0, 0.1) is 5.92 Å². The van der Waals surface area contributed by atoms with Gasteiger partial charge in [-0.15, -0.1) is 0 Å². The van der Waals surface area contributed by atoms with Crippen LogP contribution in [-0.2, 0) is 0 Å². The Kier molecular flexibility index (Phi) is 4.86. The predicted molar refractivity (Wildman–Crippen MR) is 85.3 cm³/mol. The van der Waals surface area contributed by atoms with E-state index in [0.29, 0.717) is 11.5 Å². The zero-order chi connectivity index (χ0) is 15.4. The average molecular weight is 285 g/mol. The fraction of sp³-hybridized carbons (Fsp3) is 0.333. The van der Waals surface area contributed by atoms with Crippen LogP contribution in [-0.4, -0.2) is 10.2 Å². The number of rotatable bonds is 5. The normalized spacial score (nSPS) is 14.1. The van der Waals surface area contributed by atoms with Gasteiger partial charge in [-0.25, -0.2) is 0 Å². The zero-order valence-corrected chi connectivity index (χ0v) is 12.7. The maximum Gasteiger partial charge on any atom is 0.124 e. The van der Waals surface area contributed by atoms with Crippen LogP contribution in [0.25, 0.3) is 0 Å². The highest BCUT2D eigenvalue weighted by Gasteiger charge is 2.21. The molecular weight excluding hydrogens is 262 g/mol. The Labute approximate surface area is 126 Å². The van der Waals surface area contributed by atoms with Crippen molar-refractivity contribution in [2.75, 3.05) is 0 Å². The van der Waals surface area contributed by atoms with Gasteiger partial charge in [0.1, 0.15) is 11.5 Å². The van der Waals surface area contributed by atoms with Crippen molar-refractivity contribution in [3.63, 3.8) is 0 Å². The summed E-state index contributed by atoms with van der Waals surface area (Å²) in [4.78, 5) is 0. The lowest BCUT2D eigenvalue weighted by Gasteiger charge is -2.28. The molecule has 0 aliphatic rings. The van der Waals surface area contributed by atoms with Gasteiger partial charge >= 0.3 is 0 Å². The Morgan fingerprint density at radius 3 is 1.90 bits per heavy atom. The molecular formula is C18H23NO2. The van der Waals surface area contributed by atoms with Crippen molar-refractivity contribution in [2.24, 2.45) is 5.92 Å². The molecule has 3 nitrogen and oxygen atoms in total. The minimum Gasteiger partial charge on any atom is -0.507 e. The second-order valence-corrected chi connectivity index (χ2v) is 5.73. The molecule has 0 aliphatic carbocycles. The van der Waals surface area contributed by atoms with E-state index in [9.17, 15) is 10.2 Å². The molecule has 0 fully saturated rings. The SMILES string of the molecule is CC(NC(c1ccccc1)C(C)C)c1c(O)cccc1O. The molecule has 0 spiro atoms. The molecule has 0 heterocycles. The number of nitrogens with one attached hydrogen (secondary N) is 1. The molecule has 0 aromatic heterocycles. The van der Waals surface area contributed by atoms with Crippen LogP contribution >= 0.6 is 0 Å². The zero-order valence-electron chi connectivity index (χ0n) is 12.7. The summed E-state index contributed by atoms with van der Waals surface area (Å²) in [6.45, 7) is 6.26. The number of phenols is 2. The first-order chi connectivity index (χ1) is 10.0. The average Bonchev–Trinajstić information content (AvgIpc) is 2.45. The minimum absolute atomic E-state index is 0.116. The van der Waals surface area contributed by atoms with Crippen molar-refractivity contribution >= 4 is 0 Å². The first-order valence-electron chi connectivity index (χ1n) is 7.32. The highest BCUT2D eigenvalue weighted by molar-refractivity contribution is 5.45. The molecule has 0 saturated heterocycles. The summed E-state index contributed by atoms with van der Waals surface area (Å²) in [7, 11) is 0. The summed E-state index contributed by atoms with van der Waals surface area (Å²) in [5.41, 5.74) is 1.74. The molecule has 21 heavy (non-hydrogen) atoms. The van der Waals surface area contributed by atoms with E-state index in [4.69, 9.17) is 0 Å². The van der Waals surface area contributed by atoms with Gasteiger partial charge in [-0.2, -0.15) is 0 Å². The second kappa shape index (κ2) is 6.64. The molecule has 2 rings (SSSR count). The van der Waals surface area contributed by atoms with E-state index in [2.05, 4.69) is 31.3 Å². The van der Waals surface area contributed by atoms with E-state index in [0.717, 1.165) is 0 Å². The molecule has 3 N–H and O–H groups in total. The Bertz CT molecular complexity index is 561. The maximum absolute atomic E-state index is 9.98. The Morgan fingerprint density at radius 2 is 1.38 bits per heavy atom. The Morgan fingerprint density at radius 1 is 0.810 bits per heavy atom. The predicted octanol–water partition coefficient (Wildman–Crippen LogP) is 4.15. The van der Waals surface area contributed by atoms with Gasteiger partial charge in [0.15, 0.2) is 0 Å². The van der Waals surface area contributed by atoms with E-state index >= 15 is 0 Å². The van der Waals surface area contributed by atoms with Crippen molar-refractivity contribution < 1.29 is 10.2 Å². The number of benzene rings is 2. The molecule has 0 bridgehead atoms. The first kappa shape index (κ1) is 15.4. The van der Waals surface area contributed by atoms with Gasteiger partial charge in [0.05, 0.1) is 5.56 Å². The topological polar surface area (TPSA) is 52.5 Å². The molecule has 2 unspecified atom stereocenters. The number of aromatic hydroxyl groups is 2. The molecule has 0 aliphatic heterocycles. The summed E-state index contributed by atoms with van der Waals surface area (Å²) < 4.78 is 0. The van der Waals surface area contributed by atoms with Crippen molar-refractivity contribution in [3.8, 4) is 11.5 Å². The van der Waals surface area contributed by atoms with Crippen molar-refractivity contribution in [1.82, 2.24) is 5.32 Å². The van der Waals surface area contributed by atoms with E-state index in [-0.39, 0.29) is 23.6 Å². The number of phenolic OH excluding ortho intramolecular Hbond substituents is 2. The van der Waals surface area contributed by atoms with Gasteiger partial charge < -0.3 is 15.5 Å². The molecule has 2 atom stereocenters. The summed E-state index contributed by atoms with van der Waals surface area (Å²) in [6, 6.07) is 15.1. The number of hydrogen-bond acceptors (Lipinski definition) is 3. The van der Waals surface area contributed by atoms with Gasteiger partial charge in [0.25, 0.3) is 0 Å². The lowest BCUT2D eigenvalue weighted by atomic mass is 9.94. The van der Waals surface area contributed by atoms with Gasteiger partial charge in [-0.05, 0) is 30.5 Å². The summed E-state index contributed by atoms with van der Waals surface area (Å²) in [5.74, 6) is 0.624. The largest absolute Gasteiger partial charge is 0.507 e. The fourth-order valence-electron chi connectivity index (χ4n) is 2.67. The maximum atomic E-state index is 9.98. The summed E-state index contributed by atoms with van der Waals surface area (Å²) in [5, 5.41) is 23.5. The lowest BCUT2D eigenvalue weighted by molar-refractivity contribution is 0.355. The van der Waals surface area contributed by atoms with Crippen molar-refractivity contribution in [2.45, 2.75) is 32.9 Å². The van der Waals surface area contributed by atoms with E-state index < -0.39 is 0 Å². The van der Waals surface area contributed by atoms with Crippen molar-refractivity contribution in [3.05, 3.63) is 59.7 Å². The van der Waals surface area contributed by atoms with Crippen LogP contribution in [0.3, 0.4) is 0 Å². The smallest absolute Gasteiger partial charge is 0.124 e. The molecule has 3 heteroatoms. The van der Waals surface area contributed by atoms with Crippen LogP contribution in [0.1, 0.15) is 44.0 Å². The third kappa shape index (κ3) is 3.56. The van der Waals surface area contributed by atoms with Crippen LogP contribution < -0.4 is 5.32 Å². The highest BCUT2D eigenvalue weighted by atomic mass is 16.3. The Balaban J connectivity index is 2.25. The van der Waals surface area contributed by atoms with E-state index in [1.54, 1.807) is 18.2 Å². The molecule has 0 saturated carbocycles. The molecule has 112 valence electrons. The second-order valence-electron chi connectivity index (χ2n) is 5.73. The van der Waals surface area contributed by atoms with Gasteiger partial charge in [0, 0.05) is 12.1 Å². The molecule has 0 radical (unpaired) electrons. The molecule has 2 aromatic carbocycles. The van der Waals surface area contributed by atoms with Gasteiger partial charge in [-0.3, -0.25) is 0 Å². The van der Waals surface area contributed by atoms with E-state index in [1.807, 2.05) is 25.1 Å². The fourth-order valence-corrected chi connectivity index (χ4v) is 2.67. The summed E-state index contributed by atoms with van der Waals surface area (Å²) >= 11 is 0. The lowest BCUT2D eigenvalue weighted by Crippen LogP contribution is -2.28. The standard InChI is InChI=1S/C18H23NO2/c1-12(2)18(14-8-5-4-6-9-14)19-13(3)17-15(20)10-7-11-16(17)21/h4-13,18-21H,1-3H3. The molecule has 2 aromatic rings. The van der Waals surface area contributed by atoms with Gasteiger partial charge in [0.2, 0.25) is 0 Å². The van der Waals surface area contributed by atoms with Crippen LogP contribution in [0.15, 0.2) is 48.5 Å². The minimum atomic E-state index is -0.154. The van der Waals surface area contributed by atoms with Gasteiger partial charge in [-0.1, -0.05) is 50.2 Å². The van der Waals surface area contributed by atoms with Crippen LogP contribution in [0.2, 0.25) is 0 Å². The summed E-state index contributed by atoms with van der Waals surface area (Å²) in [6.07, 6.45) is 0.